The lowest BCUT2D eigenvalue weighted by atomic mass is 10.1. The lowest BCUT2D eigenvalue weighted by Gasteiger charge is -2.32. The first kappa shape index (κ1) is 23.1. The highest BCUT2D eigenvalue weighted by atomic mass is 32.2. The Labute approximate surface area is 171 Å². The number of carboxylic acid groups (broad SMARTS) is 1. The molecule has 0 unspecified atom stereocenters. The Morgan fingerprint density at radius 3 is 2.69 bits per heavy atom. The summed E-state index contributed by atoms with van der Waals surface area (Å²) in [6.07, 6.45) is 4.79. The van der Waals surface area contributed by atoms with Gasteiger partial charge in [-0.25, -0.2) is 27.5 Å². The molecule has 1 saturated heterocycles. The molecule has 1 aliphatic rings. The van der Waals surface area contributed by atoms with Crippen molar-refractivity contribution in [2.75, 3.05) is 25.4 Å². The second-order valence-electron chi connectivity index (χ2n) is 6.82. The van der Waals surface area contributed by atoms with Gasteiger partial charge in [-0.1, -0.05) is 5.92 Å². The molecule has 2 heterocycles. The molecule has 0 saturated carbocycles. The number of aryl methyl sites for hydroxylation is 1. The van der Waals surface area contributed by atoms with Gasteiger partial charge in [-0.05, 0) is 38.7 Å². The number of nitrogens with zero attached hydrogens (tertiary/aromatic N) is 3. The summed E-state index contributed by atoms with van der Waals surface area (Å²) in [7, 11) is -3.58. The maximum Gasteiger partial charge on any atom is 0.404 e. The van der Waals surface area contributed by atoms with Crippen LogP contribution in [0.2, 0.25) is 0 Å². The van der Waals surface area contributed by atoms with Crippen molar-refractivity contribution in [3.05, 3.63) is 24.3 Å². The van der Waals surface area contributed by atoms with Crippen LogP contribution in [-0.4, -0.2) is 71.5 Å². The standard InChI is InChI=1S/C19H28N4O5S/c1-2-3-14-28-17-8-12-23(13-9-17)29(26,27)15-16(22-19(24)25)6-4-7-18-20-10-5-11-21-18/h5,10-11,16-17,22H,4,6-9,12-15H2,1H3,(H,24,25)/t16-/m1/s1. The molecule has 0 bridgehead atoms. The van der Waals surface area contributed by atoms with Crippen LogP contribution in [0.4, 0.5) is 4.79 Å². The van der Waals surface area contributed by atoms with Crippen molar-refractivity contribution in [2.24, 2.45) is 0 Å². The average molecular weight is 425 g/mol. The van der Waals surface area contributed by atoms with E-state index in [4.69, 9.17) is 9.84 Å². The van der Waals surface area contributed by atoms with Gasteiger partial charge in [0.15, 0.2) is 0 Å². The number of aromatic nitrogens is 2. The van der Waals surface area contributed by atoms with Gasteiger partial charge in [0, 0.05) is 37.9 Å². The highest BCUT2D eigenvalue weighted by Gasteiger charge is 2.31. The molecule has 160 valence electrons. The summed E-state index contributed by atoms with van der Waals surface area (Å²) >= 11 is 0. The van der Waals surface area contributed by atoms with Crippen LogP contribution in [0.5, 0.6) is 0 Å². The molecule has 2 rings (SSSR count). The molecular weight excluding hydrogens is 396 g/mol. The fourth-order valence-corrected chi connectivity index (χ4v) is 4.94. The van der Waals surface area contributed by atoms with Gasteiger partial charge in [-0.15, -0.1) is 5.92 Å². The number of amides is 1. The van der Waals surface area contributed by atoms with E-state index in [1.54, 1.807) is 25.4 Å². The molecule has 29 heavy (non-hydrogen) atoms. The Bertz CT molecular complexity index is 799. The maximum atomic E-state index is 12.8. The van der Waals surface area contributed by atoms with E-state index in [1.165, 1.54) is 4.31 Å². The number of hydrogen-bond acceptors (Lipinski definition) is 6. The summed E-state index contributed by atoms with van der Waals surface area (Å²) in [6.45, 7) is 2.82. The van der Waals surface area contributed by atoms with Crippen LogP contribution in [0, 0.1) is 11.8 Å². The zero-order valence-corrected chi connectivity index (χ0v) is 17.4. The van der Waals surface area contributed by atoms with E-state index >= 15 is 0 Å². The normalized spacial score (nSPS) is 16.6. The van der Waals surface area contributed by atoms with E-state index in [-0.39, 0.29) is 11.9 Å². The van der Waals surface area contributed by atoms with Crippen molar-refractivity contribution < 1.29 is 23.1 Å². The number of hydrogen-bond donors (Lipinski definition) is 2. The third-order valence-corrected chi connectivity index (χ3v) is 6.65. The van der Waals surface area contributed by atoms with E-state index in [1.807, 2.05) is 0 Å². The molecule has 10 heteroatoms. The summed E-state index contributed by atoms with van der Waals surface area (Å²) in [4.78, 5) is 19.3. The van der Waals surface area contributed by atoms with Gasteiger partial charge in [-0.3, -0.25) is 0 Å². The van der Waals surface area contributed by atoms with Crippen LogP contribution in [0.1, 0.15) is 38.4 Å². The van der Waals surface area contributed by atoms with Gasteiger partial charge in [-0.2, -0.15) is 0 Å². The number of nitrogens with one attached hydrogen (secondary N) is 1. The molecule has 1 aromatic rings. The Balaban J connectivity index is 1.86. The minimum absolute atomic E-state index is 0.00103. The van der Waals surface area contributed by atoms with Gasteiger partial charge in [0.05, 0.1) is 11.9 Å². The zero-order chi connectivity index (χ0) is 21.1. The number of rotatable bonds is 10. The topological polar surface area (TPSA) is 122 Å². The summed E-state index contributed by atoms with van der Waals surface area (Å²) < 4.78 is 32.6. The van der Waals surface area contributed by atoms with Crippen LogP contribution >= 0.6 is 0 Å². The smallest absolute Gasteiger partial charge is 0.404 e. The molecular formula is C19H28N4O5S. The lowest BCUT2D eigenvalue weighted by molar-refractivity contribution is 0.0409. The summed E-state index contributed by atoms with van der Waals surface area (Å²) in [5, 5.41) is 11.4. The van der Waals surface area contributed by atoms with E-state index in [2.05, 4.69) is 27.1 Å². The molecule has 9 nitrogen and oxygen atoms in total. The average Bonchev–Trinajstić information content (AvgIpc) is 2.68. The number of sulfonamides is 1. The van der Waals surface area contributed by atoms with Crippen LogP contribution in [-0.2, 0) is 21.2 Å². The second kappa shape index (κ2) is 11.7. The van der Waals surface area contributed by atoms with E-state index in [0.717, 1.165) is 0 Å². The molecule has 1 atom stereocenters. The second-order valence-corrected chi connectivity index (χ2v) is 8.83. The molecule has 0 spiro atoms. The number of carbonyl (C=O) groups is 1. The predicted octanol–water partition coefficient (Wildman–Crippen LogP) is 1.27. The largest absolute Gasteiger partial charge is 0.465 e. The third kappa shape index (κ3) is 8.35. The summed E-state index contributed by atoms with van der Waals surface area (Å²) in [5.74, 6) is 5.99. The van der Waals surface area contributed by atoms with Crippen LogP contribution in [0.3, 0.4) is 0 Å². The Hall–Kier alpha value is -2.22. The number of piperidine rings is 1. The quantitative estimate of drug-likeness (QED) is 0.542. The van der Waals surface area contributed by atoms with Crippen molar-refractivity contribution in [1.82, 2.24) is 19.6 Å². The molecule has 1 aliphatic heterocycles. The van der Waals surface area contributed by atoms with Crippen molar-refractivity contribution in [3.8, 4) is 11.8 Å². The number of ether oxygens (including phenoxy) is 1. The molecule has 1 amide bonds. The fraction of sp³-hybridized carbons (Fsp3) is 0.632. The fourth-order valence-electron chi connectivity index (χ4n) is 3.21. The molecule has 1 fully saturated rings. The summed E-state index contributed by atoms with van der Waals surface area (Å²) in [6, 6.07) is 1.03. The predicted molar refractivity (Wildman–Crippen MR) is 108 cm³/mol. The van der Waals surface area contributed by atoms with Gasteiger partial charge >= 0.3 is 6.09 Å². The van der Waals surface area contributed by atoms with Gasteiger partial charge in [0.25, 0.3) is 0 Å². The highest BCUT2D eigenvalue weighted by molar-refractivity contribution is 7.89. The van der Waals surface area contributed by atoms with Gasteiger partial charge in [0.1, 0.15) is 12.4 Å². The highest BCUT2D eigenvalue weighted by Crippen LogP contribution is 2.18. The zero-order valence-electron chi connectivity index (χ0n) is 16.6. The Morgan fingerprint density at radius 2 is 2.07 bits per heavy atom. The SMILES string of the molecule is CC#CCOC1CCN(S(=O)(=O)C[C@@H](CCCc2ncccn2)NC(=O)O)CC1. The molecule has 1 aromatic heterocycles. The van der Waals surface area contributed by atoms with Crippen molar-refractivity contribution in [3.63, 3.8) is 0 Å². The summed E-state index contributed by atoms with van der Waals surface area (Å²) in [5.41, 5.74) is 0. The minimum atomic E-state index is -3.58. The van der Waals surface area contributed by atoms with Crippen molar-refractivity contribution in [2.45, 2.75) is 51.2 Å². The van der Waals surface area contributed by atoms with Gasteiger partial charge < -0.3 is 15.2 Å². The van der Waals surface area contributed by atoms with E-state index < -0.39 is 22.2 Å². The first-order valence-electron chi connectivity index (χ1n) is 9.65. The molecule has 0 aliphatic carbocycles. The Kier molecular flexibility index (Phi) is 9.31. The van der Waals surface area contributed by atoms with E-state index in [9.17, 15) is 13.2 Å². The third-order valence-electron chi connectivity index (χ3n) is 4.67. The van der Waals surface area contributed by atoms with Crippen molar-refractivity contribution in [1.29, 1.82) is 0 Å². The van der Waals surface area contributed by atoms with Crippen LogP contribution in [0.15, 0.2) is 18.5 Å². The van der Waals surface area contributed by atoms with E-state index in [0.29, 0.717) is 57.6 Å². The van der Waals surface area contributed by atoms with Crippen LogP contribution < -0.4 is 5.32 Å². The first-order chi connectivity index (χ1) is 13.9. The molecule has 0 radical (unpaired) electrons. The van der Waals surface area contributed by atoms with Crippen LogP contribution in [0.25, 0.3) is 0 Å². The molecule has 0 aromatic carbocycles. The van der Waals surface area contributed by atoms with Gasteiger partial charge in [0.2, 0.25) is 10.0 Å². The Morgan fingerprint density at radius 1 is 1.38 bits per heavy atom. The first-order valence-corrected chi connectivity index (χ1v) is 11.3. The maximum absolute atomic E-state index is 12.8. The lowest BCUT2D eigenvalue weighted by Crippen LogP contribution is -2.47. The minimum Gasteiger partial charge on any atom is -0.465 e. The van der Waals surface area contributed by atoms with Crippen molar-refractivity contribution >= 4 is 16.1 Å². The molecule has 2 N–H and O–H groups in total. The monoisotopic (exact) mass is 424 g/mol.